The van der Waals surface area contributed by atoms with Crippen molar-refractivity contribution in [1.29, 1.82) is 0 Å². The molecule has 1 aromatic heterocycles. The van der Waals surface area contributed by atoms with Gasteiger partial charge in [-0.1, -0.05) is 20.8 Å². The summed E-state index contributed by atoms with van der Waals surface area (Å²) in [5, 5.41) is 14.7. The summed E-state index contributed by atoms with van der Waals surface area (Å²) >= 11 is 0. The van der Waals surface area contributed by atoms with Gasteiger partial charge in [-0.2, -0.15) is 0 Å². The standard InChI is InChI=1S/C15H31N7/c1-5-14-20-19-13-22(14)12-10-18-15(16-6-2)17-9-11-21(7-3)8-4/h13H,5-12H2,1-4H3,(H2,16,17,18). The monoisotopic (exact) mass is 309 g/mol. The second-order valence-corrected chi connectivity index (χ2v) is 5.01. The number of hydrogen-bond acceptors (Lipinski definition) is 4. The molecule has 22 heavy (non-hydrogen) atoms. The van der Waals surface area contributed by atoms with Gasteiger partial charge in [-0.15, -0.1) is 10.2 Å². The van der Waals surface area contributed by atoms with Gasteiger partial charge in [0.1, 0.15) is 12.2 Å². The van der Waals surface area contributed by atoms with E-state index in [1.165, 1.54) is 0 Å². The van der Waals surface area contributed by atoms with E-state index in [2.05, 4.69) is 63.0 Å². The van der Waals surface area contributed by atoms with Crippen LogP contribution < -0.4 is 10.6 Å². The van der Waals surface area contributed by atoms with E-state index < -0.39 is 0 Å². The molecule has 2 N–H and O–H groups in total. The van der Waals surface area contributed by atoms with Gasteiger partial charge in [0.25, 0.3) is 0 Å². The molecule has 126 valence electrons. The molecule has 0 saturated carbocycles. The zero-order chi connectivity index (χ0) is 16.2. The van der Waals surface area contributed by atoms with Gasteiger partial charge in [0.15, 0.2) is 5.96 Å². The molecule has 0 aliphatic rings. The first kappa shape index (κ1) is 18.4. The molecule has 7 nitrogen and oxygen atoms in total. The summed E-state index contributed by atoms with van der Waals surface area (Å²) < 4.78 is 2.08. The highest BCUT2D eigenvalue weighted by molar-refractivity contribution is 5.79. The topological polar surface area (TPSA) is 70.4 Å². The molecule has 0 aliphatic heterocycles. The predicted molar refractivity (Wildman–Crippen MR) is 91.2 cm³/mol. The summed E-state index contributed by atoms with van der Waals surface area (Å²) in [6.07, 6.45) is 2.68. The van der Waals surface area contributed by atoms with E-state index in [4.69, 9.17) is 0 Å². The molecule has 0 atom stereocenters. The zero-order valence-corrected chi connectivity index (χ0v) is 14.5. The Morgan fingerprint density at radius 1 is 1.23 bits per heavy atom. The van der Waals surface area contributed by atoms with E-state index in [0.29, 0.717) is 0 Å². The highest BCUT2D eigenvalue weighted by Gasteiger charge is 2.02. The first-order chi connectivity index (χ1) is 10.7. The van der Waals surface area contributed by atoms with Gasteiger partial charge in [0.2, 0.25) is 0 Å². The molecule has 0 radical (unpaired) electrons. The van der Waals surface area contributed by atoms with Gasteiger partial charge in [0, 0.05) is 32.6 Å². The third kappa shape index (κ3) is 6.43. The number of rotatable bonds is 10. The Kier molecular flexibility index (Phi) is 9.21. The number of nitrogens with zero attached hydrogens (tertiary/aromatic N) is 5. The Bertz CT molecular complexity index is 423. The Morgan fingerprint density at radius 2 is 2.00 bits per heavy atom. The van der Waals surface area contributed by atoms with E-state index in [1.807, 2.05) is 0 Å². The lowest BCUT2D eigenvalue weighted by Crippen LogP contribution is -2.39. The van der Waals surface area contributed by atoms with Crippen LogP contribution in [-0.4, -0.2) is 64.9 Å². The number of aryl methyl sites for hydroxylation is 1. The maximum absolute atomic E-state index is 4.62. The summed E-state index contributed by atoms with van der Waals surface area (Å²) in [7, 11) is 0. The summed E-state index contributed by atoms with van der Waals surface area (Å²) in [4.78, 5) is 7.00. The fourth-order valence-corrected chi connectivity index (χ4v) is 2.22. The van der Waals surface area contributed by atoms with Gasteiger partial charge >= 0.3 is 0 Å². The van der Waals surface area contributed by atoms with Gasteiger partial charge in [-0.3, -0.25) is 4.99 Å². The minimum Gasteiger partial charge on any atom is -0.357 e. The number of likely N-dealkylation sites (N-methyl/N-ethyl adjacent to an activating group) is 1. The molecular weight excluding hydrogens is 278 g/mol. The maximum atomic E-state index is 4.62. The average molecular weight is 309 g/mol. The van der Waals surface area contributed by atoms with Crippen LogP contribution in [0.5, 0.6) is 0 Å². The summed E-state index contributed by atoms with van der Waals surface area (Å²) in [5.41, 5.74) is 0. The average Bonchev–Trinajstić information content (AvgIpc) is 2.99. The highest BCUT2D eigenvalue weighted by Crippen LogP contribution is 1.94. The summed E-state index contributed by atoms with van der Waals surface area (Å²) in [6.45, 7) is 15.0. The number of hydrogen-bond donors (Lipinski definition) is 2. The lowest BCUT2D eigenvalue weighted by molar-refractivity contribution is 0.313. The van der Waals surface area contributed by atoms with Crippen LogP contribution in [0.4, 0.5) is 0 Å². The first-order valence-electron chi connectivity index (χ1n) is 8.36. The van der Waals surface area contributed by atoms with Crippen LogP contribution >= 0.6 is 0 Å². The normalized spacial score (nSPS) is 12.0. The van der Waals surface area contributed by atoms with Crippen LogP contribution in [0.1, 0.15) is 33.5 Å². The van der Waals surface area contributed by atoms with E-state index in [0.717, 1.165) is 64.0 Å². The van der Waals surface area contributed by atoms with E-state index in [1.54, 1.807) is 6.33 Å². The molecule has 0 aliphatic carbocycles. The fourth-order valence-electron chi connectivity index (χ4n) is 2.22. The number of nitrogens with one attached hydrogen (secondary N) is 2. The predicted octanol–water partition coefficient (Wildman–Crippen LogP) is 0.737. The molecule has 0 bridgehead atoms. The van der Waals surface area contributed by atoms with Crippen molar-refractivity contribution in [3.05, 3.63) is 12.2 Å². The smallest absolute Gasteiger partial charge is 0.191 e. The van der Waals surface area contributed by atoms with Crippen molar-refractivity contribution in [1.82, 2.24) is 30.3 Å². The van der Waals surface area contributed by atoms with Crippen LogP contribution in [0.2, 0.25) is 0 Å². The third-order valence-electron chi connectivity index (χ3n) is 3.58. The van der Waals surface area contributed by atoms with Crippen molar-refractivity contribution in [3.8, 4) is 0 Å². The fraction of sp³-hybridized carbons (Fsp3) is 0.800. The van der Waals surface area contributed by atoms with Gasteiger partial charge in [-0.05, 0) is 20.0 Å². The van der Waals surface area contributed by atoms with Crippen LogP contribution in [0, 0.1) is 0 Å². The van der Waals surface area contributed by atoms with Crippen LogP contribution in [-0.2, 0) is 13.0 Å². The van der Waals surface area contributed by atoms with Crippen LogP contribution in [0.25, 0.3) is 0 Å². The van der Waals surface area contributed by atoms with Crippen molar-refractivity contribution < 1.29 is 0 Å². The lowest BCUT2D eigenvalue weighted by atomic mass is 10.4. The molecule has 1 heterocycles. The largest absolute Gasteiger partial charge is 0.357 e. The van der Waals surface area contributed by atoms with Crippen LogP contribution in [0.15, 0.2) is 11.3 Å². The molecule has 0 aromatic carbocycles. The molecule has 0 saturated heterocycles. The quantitative estimate of drug-likeness (QED) is 0.493. The molecule has 0 unspecified atom stereocenters. The SMILES string of the molecule is CCNC(=NCCN(CC)CC)NCCn1cnnc1CC. The van der Waals surface area contributed by atoms with Gasteiger partial charge in [-0.25, -0.2) is 0 Å². The minimum atomic E-state index is 0.808. The van der Waals surface area contributed by atoms with Crippen molar-refractivity contribution in [3.63, 3.8) is 0 Å². The molecule has 7 heteroatoms. The molecule has 0 spiro atoms. The van der Waals surface area contributed by atoms with Crippen molar-refractivity contribution in [2.75, 3.05) is 39.3 Å². The number of aliphatic imine (C=N–C) groups is 1. The Hall–Kier alpha value is -1.63. The van der Waals surface area contributed by atoms with Crippen molar-refractivity contribution in [2.24, 2.45) is 4.99 Å². The first-order valence-corrected chi connectivity index (χ1v) is 8.36. The minimum absolute atomic E-state index is 0.808. The van der Waals surface area contributed by atoms with E-state index >= 15 is 0 Å². The Morgan fingerprint density at radius 3 is 2.64 bits per heavy atom. The number of aromatic nitrogens is 3. The van der Waals surface area contributed by atoms with E-state index in [9.17, 15) is 0 Å². The van der Waals surface area contributed by atoms with Crippen molar-refractivity contribution >= 4 is 5.96 Å². The second-order valence-electron chi connectivity index (χ2n) is 5.01. The maximum Gasteiger partial charge on any atom is 0.191 e. The second kappa shape index (κ2) is 11.0. The lowest BCUT2D eigenvalue weighted by Gasteiger charge is -2.17. The molecule has 1 aromatic rings. The molecule has 0 amide bonds. The van der Waals surface area contributed by atoms with E-state index in [-0.39, 0.29) is 0 Å². The molecule has 0 fully saturated rings. The highest BCUT2D eigenvalue weighted by atomic mass is 15.3. The Labute approximate surface area is 134 Å². The van der Waals surface area contributed by atoms with Gasteiger partial charge < -0.3 is 20.1 Å². The van der Waals surface area contributed by atoms with Gasteiger partial charge in [0.05, 0.1) is 6.54 Å². The summed E-state index contributed by atoms with van der Waals surface area (Å²) in [5.74, 6) is 1.89. The molecular formula is C15H31N7. The number of guanidine groups is 1. The summed E-state index contributed by atoms with van der Waals surface area (Å²) in [6, 6.07) is 0. The third-order valence-corrected chi connectivity index (χ3v) is 3.58. The molecule has 1 rings (SSSR count). The van der Waals surface area contributed by atoms with Crippen LogP contribution in [0.3, 0.4) is 0 Å². The van der Waals surface area contributed by atoms with Crippen molar-refractivity contribution in [2.45, 2.75) is 40.7 Å². The Balaban J connectivity index is 2.39. The zero-order valence-electron chi connectivity index (χ0n) is 14.5.